The summed E-state index contributed by atoms with van der Waals surface area (Å²) in [5.74, 6) is 1.54. The Balaban J connectivity index is 1.30. The van der Waals surface area contributed by atoms with Crippen LogP contribution in [0.15, 0.2) is 55.1 Å². The predicted molar refractivity (Wildman–Crippen MR) is 112 cm³/mol. The maximum absolute atomic E-state index is 12.6. The minimum atomic E-state index is -0.111. The highest BCUT2D eigenvalue weighted by molar-refractivity contribution is 5.74. The minimum absolute atomic E-state index is 0.0657. The lowest BCUT2D eigenvalue weighted by Gasteiger charge is -2.26. The van der Waals surface area contributed by atoms with Crippen LogP contribution in [0.25, 0.3) is 5.69 Å². The van der Waals surface area contributed by atoms with Gasteiger partial charge in [0.25, 0.3) is 0 Å². The smallest absolute Gasteiger partial charge is 0.317 e. The first kappa shape index (κ1) is 19.8. The van der Waals surface area contributed by atoms with Gasteiger partial charge < -0.3 is 19.7 Å². The molecule has 156 valence electrons. The zero-order valence-corrected chi connectivity index (χ0v) is 17.1. The molecule has 8 heteroatoms. The molecule has 0 saturated heterocycles. The van der Waals surface area contributed by atoms with Crippen LogP contribution in [0.3, 0.4) is 0 Å². The second-order valence-corrected chi connectivity index (χ2v) is 7.18. The van der Waals surface area contributed by atoms with Gasteiger partial charge in [0, 0.05) is 13.6 Å². The average Bonchev–Trinajstić information content (AvgIpc) is 3.33. The Labute approximate surface area is 175 Å². The second-order valence-electron chi connectivity index (χ2n) is 7.18. The number of carbonyl (C=O) groups is 1. The van der Waals surface area contributed by atoms with Gasteiger partial charge in [-0.2, -0.15) is 5.10 Å². The molecule has 1 aromatic heterocycles. The van der Waals surface area contributed by atoms with Crippen molar-refractivity contribution in [3.63, 3.8) is 0 Å². The monoisotopic (exact) mass is 407 g/mol. The largest absolute Gasteiger partial charge is 0.486 e. The fourth-order valence-corrected chi connectivity index (χ4v) is 3.33. The average molecular weight is 407 g/mol. The fourth-order valence-electron chi connectivity index (χ4n) is 3.33. The maximum Gasteiger partial charge on any atom is 0.317 e. The summed E-state index contributed by atoms with van der Waals surface area (Å²) < 4.78 is 12.8. The second kappa shape index (κ2) is 8.86. The van der Waals surface area contributed by atoms with Crippen molar-refractivity contribution in [2.75, 3.05) is 26.8 Å². The van der Waals surface area contributed by atoms with E-state index >= 15 is 0 Å². The molecule has 0 radical (unpaired) electrons. The normalized spacial score (nSPS) is 13.5. The summed E-state index contributed by atoms with van der Waals surface area (Å²) in [6.07, 6.45) is 3.87. The number of nitrogens with zero attached hydrogens (tertiary/aromatic N) is 4. The summed E-state index contributed by atoms with van der Waals surface area (Å²) in [6.45, 7) is 3.69. The Morgan fingerprint density at radius 2 is 1.93 bits per heavy atom. The summed E-state index contributed by atoms with van der Waals surface area (Å²) in [6, 6.07) is 13.7. The van der Waals surface area contributed by atoms with E-state index in [1.807, 2.05) is 49.4 Å². The molecule has 0 aliphatic carbocycles. The molecule has 1 N–H and O–H groups in total. The van der Waals surface area contributed by atoms with Crippen molar-refractivity contribution in [1.29, 1.82) is 0 Å². The lowest BCUT2D eigenvalue weighted by Crippen LogP contribution is -2.39. The molecule has 0 spiro atoms. The van der Waals surface area contributed by atoms with Crippen LogP contribution in [0.2, 0.25) is 0 Å². The van der Waals surface area contributed by atoms with Crippen molar-refractivity contribution >= 4 is 6.03 Å². The van der Waals surface area contributed by atoms with Crippen molar-refractivity contribution in [1.82, 2.24) is 25.0 Å². The van der Waals surface area contributed by atoms with Crippen molar-refractivity contribution in [3.8, 4) is 17.2 Å². The Hall–Kier alpha value is -3.55. The summed E-state index contributed by atoms with van der Waals surface area (Å²) in [7, 11) is 1.80. The molecular weight excluding hydrogens is 382 g/mol. The molecule has 30 heavy (non-hydrogen) atoms. The van der Waals surface area contributed by atoms with Crippen molar-refractivity contribution in [2.45, 2.75) is 19.4 Å². The molecule has 1 aliphatic heterocycles. The molecule has 2 heterocycles. The van der Waals surface area contributed by atoms with E-state index < -0.39 is 0 Å². The van der Waals surface area contributed by atoms with Gasteiger partial charge in [-0.1, -0.05) is 18.2 Å². The SMILES string of the molecule is C[C@H](c1ccc(-n2cncn2)cc1)N(C)C(=O)NCCc1ccc2c(c1)OCCO2. The highest BCUT2D eigenvalue weighted by Gasteiger charge is 2.17. The highest BCUT2D eigenvalue weighted by Crippen LogP contribution is 2.30. The van der Waals surface area contributed by atoms with Gasteiger partial charge >= 0.3 is 6.03 Å². The Morgan fingerprint density at radius 1 is 1.17 bits per heavy atom. The van der Waals surface area contributed by atoms with Gasteiger partial charge in [-0.15, -0.1) is 0 Å². The topological polar surface area (TPSA) is 81.5 Å². The number of nitrogens with one attached hydrogen (secondary N) is 1. The molecule has 2 amide bonds. The Kier molecular flexibility index (Phi) is 5.83. The number of amides is 2. The molecule has 0 bridgehead atoms. The van der Waals surface area contributed by atoms with Crippen molar-refractivity contribution in [3.05, 3.63) is 66.2 Å². The van der Waals surface area contributed by atoms with Gasteiger partial charge in [-0.05, 0) is 48.7 Å². The summed E-state index contributed by atoms with van der Waals surface area (Å²) in [4.78, 5) is 18.2. The molecule has 3 aromatic rings. The fraction of sp³-hybridized carbons (Fsp3) is 0.318. The predicted octanol–water partition coefficient (Wildman–Crippen LogP) is 2.98. The molecule has 0 fully saturated rings. The lowest BCUT2D eigenvalue weighted by molar-refractivity contribution is 0.171. The third-order valence-electron chi connectivity index (χ3n) is 5.26. The number of urea groups is 1. The van der Waals surface area contributed by atoms with Gasteiger partial charge in [0.1, 0.15) is 25.9 Å². The van der Waals surface area contributed by atoms with Crippen LogP contribution >= 0.6 is 0 Å². The van der Waals surface area contributed by atoms with Gasteiger partial charge in [0.15, 0.2) is 11.5 Å². The zero-order valence-electron chi connectivity index (χ0n) is 17.1. The van der Waals surface area contributed by atoms with Crippen LogP contribution in [-0.2, 0) is 6.42 Å². The van der Waals surface area contributed by atoms with Crippen LogP contribution in [0.5, 0.6) is 11.5 Å². The van der Waals surface area contributed by atoms with Crippen LogP contribution in [0.1, 0.15) is 24.1 Å². The van der Waals surface area contributed by atoms with Crippen LogP contribution < -0.4 is 14.8 Å². The van der Waals surface area contributed by atoms with E-state index in [1.54, 1.807) is 23.0 Å². The van der Waals surface area contributed by atoms with Crippen molar-refractivity contribution < 1.29 is 14.3 Å². The first-order chi connectivity index (χ1) is 14.6. The van der Waals surface area contributed by atoms with E-state index in [4.69, 9.17) is 9.47 Å². The first-order valence-corrected chi connectivity index (χ1v) is 9.96. The van der Waals surface area contributed by atoms with E-state index in [-0.39, 0.29) is 12.1 Å². The Morgan fingerprint density at radius 3 is 2.67 bits per heavy atom. The number of fused-ring (bicyclic) bond motifs is 1. The van der Waals surface area contributed by atoms with E-state index in [0.717, 1.165) is 34.7 Å². The third-order valence-corrected chi connectivity index (χ3v) is 5.26. The van der Waals surface area contributed by atoms with Crippen molar-refractivity contribution in [2.24, 2.45) is 0 Å². The number of hydrogen-bond acceptors (Lipinski definition) is 5. The van der Waals surface area contributed by atoms with Crippen LogP contribution in [0, 0.1) is 0 Å². The number of ether oxygens (including phenoxy) is 2. The molecule has 8 nitrogen and oxygen atoms in total. The van der Waals surface area contributed by atoms with Gasteiger partial charge in [0.2, 0.25) is 0 Å². The molecule has 0 saturated carbocycles. The molecule has 1 atom stereocenters. The molecule has 4 rings (SSSR count). The van der Waals surface area contributed by atoms with E-state index in [1.165, 1.54) is 6.33 Å². The van der Waals surface area contributed by atoms with E-state index in [2.05, 4.69) is 15.4 Å². The lowest BCUT2D eigenvalue weighted by atomic mass is 10.1. The number of benzene rings is 2. The number of aromatic nitrogens is 3. The molecule has 2 aromatic carbocycles. The van der Waals surface area contributed by atoms with Crippen LogP contribution in [-0.4, -0.2) is 52.5 Å². The third kappa shape index (κ3) is 4.37. The number of hydrogen-bond donors (Lipinski definition) is 1. The van der Waals surface area contributed by atoms with E-state index in [0.29, 0.717) is 19.8 Å². The number of rotatable bonds is 6. The van der Waals surface area contributed by atoms with Gasteiger partial charge in [0.05, 0.1) is 11.7 Å². The quantitative estimate of drug-likeness (QED) is 0.679. The number of carbonyl (C=O) groups excluding carboxylic acids is 1. The van der Waals surface area contributed by atoms with Gasteiger partial charge in [-0.3, -0.25) is 0 Å². The maximum atomic E-state index is 12.6. The summed E-state index contributed by atoms with van der Waals surface area (Å²) >= 11 is 0. The van der Waals surface area contributed by atoms with E-state index in [9.17, 15) is 4.79 Å². The zero-order chi connectivity index (χ0) is 20.9. The molecule has 1 aliphatic rings. The summed E-state index contributed by atoms with van der Waals surface area (Å²) in [5, 5.41) is 7.11. The first-order valence-electron chi connectivity index (χ1n) is 9.96. The van der Waals surface area contributed by atoms with Gasteiger partial charge in [-0.25, -0.2) is 14.5 Å². The molecular formula is C22H25N5O3. The molecule has 0 unspecified atom stereocenters. The highest BCUT2D eigenvalue weighted by atomic mass is 16.6. The Bertz CT molecular complexity index is 989. The summed E-state index contributed by atoms with van der Waals surface area (Å²) in [5.41, 5.74) is 3.07. The minimum Gasteiger partial charge on any atom is -0.486 e. The standard InChI is InChI=1S/C22H25N5O3/c1-16(18-4-6-19(7-5-18)27-15-23-14-25-27)26(2)22(28)24-10-9-17-3-8-20-21(13-17)30-12-11-29-20/h3-8,13-16H,9-12H2,1-2H3,(H,24,28)/t16-/m1/s1. The van der Waals surface area contributed by atoms with Crippen LogP contribution in [0.4, 0.5) is 4.79 Å².